The van der Waals surface area contributed by atoms with E-state index in [1.165, 1.54) is 12.2 Å². The molecule has 1 N–H and O–H groups in total. The number of thioether (sulfide) groups is 1. The van der Waals surface area contributed by atoms with Gasteiger partial charge in [0, 0.05) is 25.8 Å². The van der Waals surface area contributed by atoms with Gasteiger partial charge in [0.15, 0.2) is 0 Å². The molecule has 1 aromatic heterocycles. The van der Waals surface area contributed by atoms with Crippen LogP contribution < -0.4 is 5.32 Å². The summed E-state index contributed by atoms with van der Waals surface area (Å²) in [6.45, 7) is 3.01. The molecule has 0 amide bonds. The highest BCUT2D eigenvalue weighted by molar-refractivity contribution is 7.98. The second-order valence-corrected chi connectivity index (χ2v) is 4.43. The molecule has 0 saturated heterocycles. The van der Waals surface area contributed by atoms with Crippen molar-refractivity contribution in [1.82, 2.24) is 20.3 Å². The largest absolute Gasteiger partial charge is 0.309 e. The summed E-state index contributed by atoms with van der Waals surface area (Å²) >= 11 is 1.88. The normalized spacial score (nSPS) is 13.1. The lowest BCUT2D eigenvalue weighted by atomic mass is 10.2. The molecule has 0 aromatic carbocycles. The van der Waals surface area contributed by atoms with Crippen molar-refractivity contribution in [1.29, 1.82) is 0 Å². The van der Waals surface area contributed by atoms with Crippen LogP contribution in [0.15, 0.2) is 6.20 Å². The van der Waals surface area contributed by atoms with E-state index in [0.717, 1.165) is 12.2 Å². The lowest BCUT2D eigenvalue weighted by molar-refractivity contribution is 0.532. The third kappa shape index (κ3) is 4.11. The third-order valence-corrected chi connectivity index (χ3v) is 2.68. The molecule has 0 radical (unpaired) electrons. The predicted octanol–water partition coefficient (Wildman–Crippen LogP) is 1.05. The molecule has 1 unspecified atom stereocenters. The second kappa shape index (κ2) is 6.03. The van der Waals surface area contributed by atoms with Crippen molar-refractivity contribution in [3.63, 3.8) is 0 Å². The molecule has 14 heavy (non-hydrogen) atoms. The molecule has 0 spiro atoms. The molecule has 0 aliphatic carbocycles. The number of aryl methyl sites for hydroxylation is 1. The Kier molecular flexibility index (Phi) is 4.97. The zero-order valence-corrected chi connectivity index (χ0v) is 9.84. The maximum atomic E-state index is 4.01. The van der Waals surface area contributed by atoms with Crippen LogP contribution in [0.5, 0.6) is 0 Å². The van der Waals surface area contributed by atoms with E-state index < -0.39 is 0 Å². The fourth-order valence-electron chi connectivity index (χ4n) is 1.15. The fourth-order valence-corrected chi connectivity index (χ4v) is 1.74. The van der Waals surface area contributed by atoms with Crippen LogP contribution in [0.4, 0.5) is 0 Å². The molecule has 0 aliphatic heterocycles. The van der Waals surface area contributed by atoms with E-state index in [1.807, 2.05) is 25.0 Å². The highest BCUT2D eigenvalue weighted by Crippen LogP contribution is 2.00. The average Bonchev–Trinajstić information content (AvgIpc) is 2.58. The first-order valence-corrected chi connectivity index (χ1v) is 6.19. The van der Waals surface area contributed by atoms with Gasteiger partial charge in [-0.05, 0) is 25.4 Å². The number of hydrogen-bond donors (Lipinski definition) is 1. The first kappa shape index (κ1) is 11.5. The van der Waals surface area contributed by atoms with Crippen LogP contribution in [-0.2, 0) is 13.6 Å². The highest BCUT2D eigenvalue weighted by atomic mass is 32.2. The molecule has 80 valence electrons. The van der Waals surface area contributed by atoms with E-state index in [0.29, 0.717) is 6.04 Å². The van der Waals surface area contributed by atoms with Crippen molar-refractivity contribution in [2.45, 2.75) is 25.9 Å². The second-order valence-electron chi connectivity index (χ2n) is 3.45. The van der Waals surface area contributed by atoms with Crippen molar-refractivity contribution < 1.29 is 0 Å². The van der Waals surface area contributed by atoms with Crippen molar-refractivity contribution in [2.24, 2.45) is 7.05 Å². The number of hydrogen-bond acceptors (Lipinski definition) is 4. The van der Waals surface area contributed by atoms with Gasteiger partial charge in [0.25, 0.3) is 0 Å². The van der Waals surface area contributed by atoms with Crippen LogP contribution >= 0.6 is 11.8 Å². The van der Waals surface area contributed by atoms with Gasteiger partial charge in [-0.15, -0.1) is 5.10 Å². The molecule has 0 saturated carbocycles. The van der Waals surface area contributed by atoms with E-state index in [1.54, 1.807) is 4.68 Å². The van der Waals surface area contributed by atoms with Gasteiger partial charge in [-0.25, -0.2) is 0 Å². The van der Waals surface area contributed by atoms with Crippen molar-refractivity contribution in [2.75, 3.05) is 12.0 Å². The number of nitrogens with zero attached hydrogens (tertiary/aromatic N) is 3. The smallest absolute Gasteiger partial charge is 0.0964 e. The molecule has 0 fully saturated rings. The summed E-state index contributed by atoms with van der Waals surface area (Å²) in [5, 5.41) is 11.3. The molecule has 0 aliphatic rings. The molecular formula is C9H18N4S. The quantitative estimate of drug-likeness (QED) is 0.768. The van der Waals surface area contributed by atoms with Crippen LogP contribution in [0.1, 0.15) is 19.0 Å². The van der Waals surface area contributed by atoms with Crippen LogP contribution in [-0.4, -0.2) is 33.0 Å². The standard InChI is InChI=1S/C9H18N4S/c1-8(4-5-14-3)10-6-9-7-13(2)12-11-9/h7-8,10H,4-6H2,1-3H3. The Morgan fingerprint density at radius 1 is 1.64 bits per heavy atom. The fraction of sp³-hybridized carbons (Fsp3) is 0.778. The Morgan fingerprint density at radius 2 is 2.43 bits per heavy atom. The van der Waals surface area contributed by atoms with Gasteiger partial charge in [0.05, 0.1) is 5.69 Å². The lowest BCUT2D eigenvalue weighted by Crippen LogP contribution is -2.26. The molecular weight excluding hydrogens is 196 g/mol. The summed E-state index contributed by atoms with van der Waals surface area (Å²) in [4.78, 5) is 0. The molecule has 1 rings (SSSR count). The summed E-state index contributed by atoms with van der Waals surface area (Å²) < 4.78 is 1.73. The number of rotatable bonds is 6. The highest BCUT2D eigenvalue weighted by Gasteiger charge is 2.02. The molecule has 1 aromatic rings. The topological polar surface area (TPSA) is 42.7 Å². The summed E-state index contributed by atoms with van der Waals surface area (Å²) in [5.74, 6) is 1.20. The molecule has 1 heterocycles. The van der Waals surface area contributed by atoms with Crippen LogP contribution in [0.25, 0.3) is 0 Å². The SMILES string of the molecule is CSCCC(C)NCc1cn(C)nn1. The summed E-state index contributed by atoms with van der Waals surface area (Å²) in [6, 6.07) is 0.546. The van der Waals surface area contributed by atoms with E-state index in [-0.39, 0.29) is 0 Å². The number of aromatic nitrogens is 3. The Bertz CT molecular complexity index is 261. The Hall–Kier alpha value is -0.550. The van der Waals surface area contributed by atoms with Gasteiger partial charge >= 0.3 is 0 Å². The predicted molar refractivity (Wildman–Crippen MR) is 60.3 cm³/mol. The zero-order chi connectivity index (χ0) is 10.4. The van der Waals surface area contributed by atoms with Gasteiger partial charge < -0.3 is 5.32 Å². The Labute approximate surface area is 89.5 Å². The van der Waals surface area contributed by atoms with E-state index in [4.69, 9.17) is 0 Å². The van der Waals surface area contributed by atoms with Gasteiger partial charge in [-0.2, -0.15) is 11.8 Å². The third-order valence-electron chi connectivity index (χ3n) is 2.04. The van der Waals surface area contributed by atoms with E-state index in [2.05, 4.69) is 28.8 Å². The first-order valence-electron chi connectivity index (χ1n) is 4.80. The minimum atomic E-state index is 0.546. The van der Waals surface area contributed by atoms with Crippen LogP contribution in [0.3, 0.4) is 0 Å². The van der Waals surface area contributed by atoms with E-state index >= 15 is 0 Å². The molecule has 5 heteroatoms. The van der Waals surface area contributed by atoms with Gasteiger partial charge in [-0.1, -0.05) is 5.21 Å². The minimum Gasteiger partial charge on any atom is -0.309 e. The maximum absolute atomic E-state index is 4.01. The summed E-state index contributed by atoms with van der Waals surface area (Å²) in [5.41, 5.74) is 1.00. The summed E-state index contributed by atoms with van der Waals surface area (Å²) in [7, 11) is 1.88. The van der Waals surface area contributed by atoms with Crippen molar-refractivity contribution >= 4 is 11.8 Å². The average molecular weight is 214 g/mol. The zero-order valence-electron chi connectivity index (χ0n) is 9.03. The van der Waals surface area contributed by atoms with Gasteiger partial charge in [0.2, 0.25) is 0 Å². The lowest BCUT2D eigenvalue weighted by Gasteiger charge is -2.11. The van der Waals surface area contributed by atoms with Crippen LogP contribution in [0, 0.1) is 0 Å². The van der Waals surface area contributed by atoms with Crippen LogP contribution in [0.2, 0.25) is 0 Å². The minimum absolute atomic E-state index is 0.546. The molecule has 0 bridgehead atoms. The molecule has 1 atom stereocenters. The molecule has 4 nitrogen and oxygen atoms in total. The summed E-state index contributed by atoms with van der Waals surface area (Å²) in [6.07, 6.45) is 5.27. The first-order chi connectivity index (χ1) is 6.72. The monoisotopic (exact) mass is 214 g/mol. The van der Waals surface area contributed by atoms with E-state index in [9.17, 15) is 0 Å². The Balaban J connectivity index is 2.20. The Morgan fingerprint density at radius 3 is 3.00 bits per heavy atom. The van der Waals surface area contributed by atoms with Gasteiger partial charge in [0.1, 0.15) is 0 Å². The van der Waals surface area contributed by atoms with Crippen molar-refractivity contribution in [3.8, 4) is 0 Å². The van der Waals surface area contributed by atoms with Crippen molar-refractivity contribution in [3.05, 3.63) is 11.9 Å². The number of nitrogens with one attached hydrogen (secondary N) is 1. The van der Waals surface area contributed by atoms with Gasteiger partial charge in [-0.3, -0.25) is 4.68 Å². The maximum Gasteiger partial charge on any atom is 0.0964 e.